The minimum atomic E-state index is -3.90. The van der Waals surface area contributed by atoms with Crippen LogP contribution < -0.4 is 10.0 Å². The number of sulfonamides is 1. The fourth-order valence-corrected chi connectivity index (χ4v) is 4.92. The zero-order chi connectivity index (χ0) is 22.8. The predicted molar refractivity (Wildman–Crippen MR) is 120 cm³/mol. The fourth-order valence-electron chi connectivity index (χ4n) is 2.76. The van der Waals surface area contributed by atoms with Crippen molar-refractivity contribution in [1.82, 2.24) is 9.62 Å². The van der Waals surface area contributed by atoms with Crippen molar-refractivity contribution in [2.24, 2.45) is 0 Å². The van der Waals surface area contributed by atoms with Crippen LogP contribution in [0.1, 0.15) is 28.8 Å². The Hall–Kier alpha value is -2.57. The van der Waals surface area contributed by atoms with Crippen LogP contribution in [0.2, 0.25) is 10.0 Å². The van der Waals surface area contributed by atoms with E-state index in [1.54, 1.807) is 24.3 Å². The molecule has 1 saturated carbocycles. The topological polar surface area (TPSA) is 95.6 Å². The SMILES string of the molecule is C#Cc1cccc(NC(=O)CN(C)C(=O)c2cc(S(=O)(=O)NC3CC3)c(Cl)cc2Cl)c1. The van der Waals surface area contributed by atoms with Crippen LogP contribution in [0.15, 0.2) is 41.3 Å². The van der Waals surface area contributed by atoms with Gasteiger partial charge in [0.05, 0.1) is 22.2 Å². The fraction of sp³-hybridized carbons (Fsp3) is 0.238. The molecule has 1 aliphatic rings. The van der Waals surface area contributed by atoms with E-state index < -0.39 is 21.8 Å². The van der Waals surface area contributed by atoms with E-state index in [0.717, 1.165) is 23.8 Å². The molecule has 1 aliphatic carbocycles. The molecule has 0 saturated heterocycles. The number of anilines is 1. The highest BCUT2D eigenvalue weighted by atomic mass is 35.5. The summed E-state index contributed by atoms with van der Waals surface area (Å²) in [7, 11) is -2.50. The lowest BCUT2D eigenvalue weighted by molar-refractivity contribution is -0.116. The van der Waals surface area contributed by atoms with Gasteiger partial charge < -0.3 is 10.2 Å². The zero-order valence-electron chi connectivity index (χ0n) is 16.5. The minimum Gasteiger partial charge on any atom is -0.332 e. The van der Waals surface area contributed by atoms with Crippen LogP contribution in [-0.4, -0.2) is 44.8 Å². The summed E-state index contributed by atoms with van der Waals surface area (Å²) < 4.78 is 27.6. The number of terminal acetylenes is 1. The summed E-state index contributed by atoms with van der Waals surface area (Å²) in [6, 6.07) is 8.91. The lowest BCUT2D eigenvalue weighted by atomic mass is 10.2. The highest BCUT2D eigenvalue weighted by molar-refractivity contribution is 7.89. The molecule has 0 aliphatic heterocycles. The standard InChI is InChI=1S/C21H19Cl2N3O4S/c1-3-13-5-4-6-15(9-13)24-20(27)12-26(2)21(28)16-10-19(18(23)11-17(16)22)31(29,30)25-14-7-8-14/h1,4-6,9-11,14,25H,7-8,12H2,2H3,(H,24,27). The average Bonchev–Trinajstić information content (AvgIpc) is 3.50. The van der Waals surface area contributed by atoms with Gasteiger partial charge in [-0.05, 0) is 43.2 Å². The molecule has 162 valence electrons. The van der Waals surface area contributed by atoms with Gasteiger partial charge in [0.15, 0.2) is 0 Å². The van der Waals surface area contributed by atoms with Crippen LogP contribution in [-0.2, 0) is 14.8 Å². The summed E-state index contributed by atoms with van der Waals surface area (Å²) in [5, 5.41) is 2.54. The van der Waals surface area contributed by atoms with Gasteiger partial charge in [-0.2, -0.15) is 0 Å². The van der Waals surface area contributed by atoms with Crippen molar-refractivity contribution in [3.63, 3.8) is 0 Å². The molecule has 0 unspecified atom stereocenters. The molecule has 0 atom stereocenters. The smallest absolute Gasteiger partial charge is 0.255 e. The summed E-state index contributed by atoms with van der Waals surface area (Å²) in [5.41, 5.74) is 1.01. The third-order valence-corrected chi connectivity index (χ3v) is 6.78. The Morgan fingerprint density at radius 1 is 1.19 bits per heavy atom. The van der Waals surface area contributed by atoms with Gasteiger partial charge in [0, 0.05) is 24.3 Å². The molecular formula is C21H19Cl2N3O4S. The van der Waals surface area contributed by atoms with Crippen LogP contribution in [0, 0.1) is 12.3 Å². The Morgan fingerprint density at radius 2 is 1.90 bits per heavy atom. The van der Waals surface area contributed by atoms with E-state index in [0.29, 0.717) is 11.3 Å². The Bertz CT molecular complexity index is 1190. The molecule has 3 rings (SSSR count). The molecule has 2 aromatic rings. The largest absolute Gasteiger partial charge is 0.332 e. The molecule has 2 amide bonds. The van der Waals surface area contributed by atoms with Crippen molar-refractivity contribution in [1.29, 1.82) is 0 Å². The summed E-state index contributed by atoms with van der Waals surface area (Å²) in [6.45, 7) is -0.291. The van der Waals surface area contributed by atoms with E-state index in [-0.39, 0.29) is 33.1 Å². The molecule has 2 N–H and O–H groups in total. The molecule has 0 radical (unpaired) electrons. The van der Waals surface area contributed by atoms with E-state index in [4.69, 9.17) is 29.6 Å². The van der Waals surface area contributed by atoms with Gasteiger partial charge in [-0.1, -0.05) is 35.2 Å². The molecule has 1 fully saturated rings. The highest BCUT2D eigenvalue weighted by Gasteiger charge is 2.31. The van der Waals surface area contributed by atoms with Crippen LogP contribution in [0.5, 0.6) is 0 Å². The van der Waals surface area contributed by atoms with Gasteiger partial charge in [0.1, 0.15) is 4.90 Å². The number of benzene rings is 2. The lowest BCUT2D eigenvalue weighted by Crippen LogP contribution is -2.35. The molecule has 2 aromatic carbocycles. The Balaban J connectivity index is 1.75. The number of halogens is 2. The molecule has 0 spiro atoms. The number of carbonyl (C=O) groups is 2. The number of carbonyl (C=O) groups excluding carboxylic acids is 2. The number of nitrogens with zero attached hydrogens (tertiary/aromatic N) is 1. The van der Waals surface area contributed by atoms with Gasteiger partial charge in [-0.3, -0.25) is 9.59 Å². The summed E-state index contributed by atoms with van der Waals surface area (Å²) in [5.74, 6) is 1.38. The molecule has 0 aromatic heterocycles. The zero-order valence-corrected chi connectivity index (χ0v) is 18.8. The van der Waals surface area contributed by atoms with Gasteiger partial charge in [-0.15, -0.1) is 6.42 Å². The van der Waals surface area contributed by atoms with E-state index in [1.165, 1.54) is 13.1 Å². The number of hydrogen-bond donors (Lipinski definition) is 2. The number of rotatable bonds is 7. The Kier molecular flexibility index (Phi) is 6.92. The average molecular weight is 480 g/mol. The first-order valence-electron chi connectivity index (χ1n) is 9.24. The van der Waals surface area contributed by atoms with E-state index >= 15 is 0 Å². The number of amides is 2. The van der Waals surface area contributed by atoms with E-state index in [2.05, 4.69) is 16.0 Å². The van der Waals surface area contributed by atoms with Crippen LogP contribution in [0.3, 0.4) is 0 Å². The molecule has 7 nitrogen and oxygen atoms in total. The second-order valence-electron chi connectivity index (χ2n) is 7.09. The molecule has 10 heteroatoms. The maximum atomic E-state index is 12.9. The lowest BCUT2D eigenvalue weighted by Gasteiger charge is -2.19. The third-order valence-electron chi connectivity index (χ3n) is 4.48. The maximum Gasteiger partial charge on any atom is 0.255 e. The second kappa shape index (κ2) is 9.28. The first-order chi connectivity index (χ1) is 14.6. The van der Waals surface area contributed by atoms with Gasteiger partial charge in [0.2, 0.25) is 15.9 Å². The number of likely N-dealkylation sites (N-methyl/N-ethyl adjacent to an activating group) is 1. The predicted octanol–water partition coefficient (Wildman–Crippen LogP) is 3.13. The normalized spacial score (nSPS) is 13.4. The van der Waals surface area contributed by atoms with Crippen molar-refractivity contribution in [3.8, 4) is 12.3 Å². The summed E-state index contributed by atoms with van der Waals surface area (Å²) >= 11 is 12.2. The quantitative estimate of drug-likeness (QED) is 0.596. The monoisotopic (exact) mass is 479 g/mol. The summed E-state index contributed by atoms with van der Waals surface area (Å²) in [6.07, 6.45) is 6.84. The van der Waals surface area contributed by atoms with E-state index in [9.17, 15) is 18.0 Å². The minimum absolute atomic E-state index is 0.0191. The van der Waals surface area contributed by atoms with Crippen molar-refractivity contribution in [2.45, 2.75) is 23.8 Å². The van der Waals surface area contributed by atoms with Crippen molar-refractivity contribution >= 4 is 50.7 Å². The third kappa shape index (κ3) is 5.77. The van der Waals surface area contributed by atoms with Crippen molar-refractivity contribution < 1.29 is 18.0 Å². The Morgan fingerprint density at radius 3 is 2.55 bits per heavy atom. The molecule has 0 bridgehead atoms. The second-order valence-corrected chi connectivity index (χ2v) is 9.59. The molecule has 31 heavy (non-hydrogen) atoms. The number of nitrogens with one attached hydrogen (secondary N) is 2. The highest BCUT2D eigenvalue weighted by Crippen LogP contribution is 2.31. The first-order valence-corrected chi connectivity index (χ1v) is 11.5. The molecule has 0 heterocycles. The van der Waals surface area contributed by atoms with Gasteiger partial charge >= 0.3 is 0 Å². The Labute approximate surface area is 190 Å². The van der Waals surface area contributed by atoms with E-state index in [1.807, 2.05) is 0 Å². The van der Waals surface area contributed by atoms with Crippen molar-refractivity contribution in [3.05, 3.63) is 57.6 Å². The molecular weight excluding hydrogens is 461 g/mol. The maximum absolute atomic E-state index is 12.9. The van der Waals surface area contributed by atoms with Crippen LogP contribution >= 0.6 is 23.2 Å². The van der Waals surface area contributed by atoms with Crippen molar-refractivity contribution in [2.75, 3.05) is 18.9 Å². The van der Waals surface area contributed by atoms with Crippen LogP contribution in [0.4, 0.5) is 5.69 Å². The summed E-state index contributed by atoms with van der Waals surface area (Å²) in [4.78, 5) is 26.1. The number of hydrogen-bond acceptors (Lipinski definition) is 4. The van der Waals surface area contributed by atoms with Gasteiger partial charge in [-0.25, -0.2) is 13.1 Å². The first kappa shape index (κ1) is 23.1. The van der Waals surface area contributed by atoms with Gasteiger partial charge in [0.25, 0.3) is 5.91 Å². The van der Waals surface area contributed by atoms with Crippen LogP contribution in [0.25, 0.3) is 0 Å².